The van der Waals surface area contributed by atoms with Gasteiger partial charge in [-0.15, -0.1) is 0 Å². The number of fused-ring (bicyclic) bond motifs is 4. The Morgan fingerprint density at radius 3 is 2.55 bits per heavy atom. The molecule has 4 aliphatic carbocycles. The molecule has 9 unspecified atom stereocenters. The van der Waals surface area contributed by atoms with E-state index in [1.807, 2.05) is 0 Å². The minimum absolute atomic E-state index is 0.0315. The van der Waals surface area contributed by atoms with Gasteiger partial charge in [0.05, 0.1) is 17.3 Å². The summed E-state index contributed by atoms with van der Waals surface area (Å²) in [6.07, 6.45) is 17.9. The van der Waals surface area contributed by atoms with Crippen LogP contribution in [-0.4, -0.2) is 29.0 Å². The van der Waals surface area contributed by atoms with Gasteiger partial charge in [0.2, 0.25) is 0 Å². The van der Waals surface area contributed by atoms with Crippen LogP contribution in [0, 0.1) is 35.0 Å². The van der Waals surface area contributed by atoms with E-state index in [0.29, 0.717) is 5.41 Å². The molecule has 3 nitrogen and oxygen atoms in total. The third kappa shape index (κ3) is 3.08. The molecule has 3 N–H and O–H groups in total. The Morgan fingerprint density at radius 1 is 0.897 bits per heavy atom. The van der Waals surface area contributed by atoms with E-state index in [2.05, 4.69) is 13.8 Å². The lowest BCUT2D eigenvalue weighted by Gasteiger charge is -2.67. The van der Waals surface area contributed by atoms with Gasteiger partial charge in [-0.25, -0.2) is 0 Å². The van der Waals surface area contributed by atoms with Crippen LogP contribution in [0.4, 0.5) is 0 Å². The summed E-state index contributed by atoms with van der Waals surface area (Å²) >= 11 is 0. The molecule has 4 saturated carbocycles. The fourth-order valence-electron chi connectivity index (χ4n) is 9.52. The molecule has 0 aromatic rings. The first-order chi connectivity index (χ1) is 13.9. The van der Waals surface area contributed by atoms with E-state index in [0.717, 1.165) is 49.0 Å². The SMILES string of the molecule is CC1(CCCCCCN)OC23CCC4C(CCC5CC(O)CCC54C)C2CCC13. The second-order valence-corrected chi connectivity index (χ2v) is 12.1. The summed E-state index contributed by atoms with van der Waals surface area (Å²) in [7, 11) is 0. The summed E-state index contributed by atoms with van der Waals surface area (Å²) in [5.41, 5.74) is 6.53. The molecular weight excluding hydrogens is 358 g/mol. The number of unbranched alkanes of at least 4 members (excludes halogenated alkanes) is 3. The molecule has 5 fully saturated rings. The normalized spacial score (nSPS) is 53.4. The second-order valence-electron chi connectivity index (χ2n) is 12.1. The first kappa shape index (κ1) is 20.8. The van der Waals surface area contributed by atoms with Gasteiger partial charge in [0.1, 0.15) is 0 Å². The van der Waals surface area contributed by atoms with Crippen molar-refractivity contribution in [3.8, 4) is 0 Å². The molecule has 1 spiro atoms. The maximum Gasteiger partial charge on any atom is 0.0776 e. The third-order valence-corrected chi connectivity index (χ3v) is 10.9. The molecule has 9 atom stereocenters. The molecule has 1 heterocycles. The number of hydrogen-bond donors (Lipinski definition) is 2. The zero-order valence-corrected chi connectivity index (χ0v) is 19.0. The van der Waals surface area contributed by atoms with Crippen LogP contribution < -0.4 is 5.73 Å². The largest absolute Gasteiger partial charge is 0.393 e. The molecule has 5 aliphatic rings. The highest BCUT2D eigenvalue weighted by Crippen LogP contribution is 2.71. The summed E-state index contributed by atoms with van der Waals surface area (Å²) in [5, 5.41) is 10.2. The molecule has 0 amide bonds. The van der Waals surface area contributed by atoms with Crippen LogP contribution in [0.25, 0.3) is 0 Å². The van der Waals surface area contributed by atoms with Crippen molar-refractivity contribution in [3.05, 3.63) is 0 Å². The monoisotopic (exact) mass is 403 g/mol. The highest BCUT2D eigenvalue weighted by Gasteiger charge is 2.71. The van der Waals surface area contributed by atoms with Crippen molar-refractivity contribution in [2.24, 2.45) is 40.7 Å². The maximum absolute atomic E-state index is 10.2. The molecule has 0 aromatic heterocycles. The van der Waals surface area contributed by atoms with Gasteiger partial charge in [0.15, 0.2) is 0 Å². The van der Waals surface area contributed by atoms with E-state index in [1.54, 1.807) is 0 Å². The summed E-state index contributed by atoms with van der Waals surface area (Å²) in [6, 6.07) is 0. The van der Waals surface area contributed by atoms with Crippen molar-refractivity contribution in [2.45, 2.75) is 121 Å². The fraction of sp³-hybridized carbons (Fsp3) is 1.00. The van der Waals surface area contributed by atoms with Crippen molar-refractivity contribution in [2.75, 3.05) is 6.54 Å². The van der Waals surface area contributed by atoms with E-state index in [9.17, 15) is 5.11 Å². The molecule has 3 heteroatoms. The Bertz CT molecular complexity index is 610. The van der Waals surface area contributed by atoms with Crippen LogP contribution in [0.5, 0.6) is 0 Å². The molecule has 0 bridgehead atoms. The van der Waals surface area contributed by atoms with Gasteiger partial charge in [-0.1, -0.05) is 26.2 Å². The van der Waals surface area contributed by atoms with E-state index >= 15 is 0 Å². The van der Waals surface area contributed by atoms with E-state index in [-0.39, 0.29) is 17.3 Å². The Hall–Kier alpha value is -0.120. The highest BCUT2D eigenvalue weighted by molar-refractivity contribution is 5.20. The fourth-order valence-corrected chi connectivity index (χ4v) is 9.52. The molecular formula is C26H45NO2. The first-order valence-electron chi connectivity index (χ1n) is 13.0. The number of hydrogen-bond acceptors (Lipinski definition) is 3. The van der Waals surface area contributed by atoms with Crippen LogP contribution >= 0.6 is 0 Å². The van der Waals surface area contributed by atoms with Crippen LogP contribution in [0.2, 0.25) is 0 Å². The van der Waals surface area contributed by atoms with Crippen molar-refractivity contribution in [1.82, 2.24) is 0 Å². The summed E-state index contributed by atoms with van der Waals surface area (Å²) < 4.78 is 7.02. The second kappa shape index (κ2) is 7.48. The number of aliphatic hydroxyl groups excluding tert-OH is 1. The smallest absolute Gasteiger partial charge is 0.0776 e. The topological polar surface area (TPSA) is 55.5 Å². The first-order valence-corrected chi connectivity index (χ1v) is 13.0. The number of nitrogens with two attached hydrogens (primary N) is 1. The Balaban J connectivity index is 1.26. The zero-order chi connectivity index (χ0) is 20.3. The lowest BCUT2D eigenvalue weighted by molar-refractivity contribution is -0.344. The maximum atomic E-state index is 10.2. The van der Waals surface area contributed by atoms with Gasteiger partial charge < -0.3 is 15.6 Å². The van der Waals surface area contributed by atoms with Crippen molar-refractivity contribution in [1.29, 1.82) is 0 Å². The highest BCUT2D eigenvalue weighted by atomic mass is 16.6. The van der Waals surface area contributed by atoms with E-state index in [4.69, 9.17) is 10.5 Å². The Labute approximate surface area is 178 Å². The molecule has 1 aliphatic heterocycles. The van der Waals surface area contributed by atoms with Crippen LogP contribution in [0.15, 0.2) is 0 Å². The third-order valence-electron chi connectivity index (χ3n) is 10.9. The van der Waals surface area contributed by atoms with Crippen LogP contribution in [0.1, 0.15) is 104 Å². The molecule has 1 saturated heterocycles. The number of rotatable bonds is 6. The summed E-state index contributed by atoms with van der Waals surface area (Å²) in [4.78, 5) is 0. The lowest BCUT2D eigenvalue weighted by atomic mass is 9.45. The average molecular weight is 404 g/mol. The van der Waals surface area contributed by atoms with Crippen molar-refractivity contribution in [3.63, 3.8) is 0 Å². The standard InChI is InChI=1S/C26H45NO2/c1-24-14-11-19(28)17-18(24)7-8-20-21(24)12-15-26-22(20)9-10-23(26)25(2,29-26)13-5-3-4-6-16-27/h18-23,28H,3-17,27H2,1-2H3. The lowest BCUT2D eigenvalue weighted by Crippen LogP contribution is -2.70. The van der Waals surface area contributed by atoms with E-state index in [1.165, 1.54) is 77.0 Å². The molecule has 5 rings (SSSR count). The Kier molecular flexibility index (Phi) is 5.36. The van der Waals surface area contributed by atoms with Gasteiger partial charge >= 0.3 is 0 Å². The molecule has 29 heavy (non-hydrogen) atoms. The number of ether oxygens (including phenoxy) is 1. The summed E-state index contributed by atoms with van der Waals surface area (Å²) in [6.45, 7) is 5.86. The predicted octanol–water partition coefficient (Wildman–Crippen LogP) is 5.44. The average Bonchev–Trinajstić information content (AvgIpc) is 3.02. The van der Waals surface area contributed by atoms with Gasteiger partial charge in [0, 0.05) is 5.92 Å². The molecule has 166 valence electrons. The molecule has 0 radical (unpaired) electrons. The van der Waals surface area contributed by atoms with Gasteiger partial charge in [0.25, 0.3) is 0 Å². The minimum Gasteiger partial charge on any atom is -0.393 e. The van der Waals surface area contributed by atoms with Gasteiger partial charge in [-0.3, -0.25) is 0 Å². The van der Waals surface area contributed by atoms with E-state index < -0.39 is 0 Å². The molecule has 0 aromatic carbocycles. The zero-order valence-electron chi connectivity index (χ0n) is 19.0. The predicted molar refractivity (Wildman–Crippen MR) is 117 cm³/mol. The van der Waals surface area contributed by atoms with Crippen molar-refractivity contribution >= 4 is 0 Å². The van der Waals surface area contributed by atoms with Gasteiger partial charge in [-0.05, 0) is 113 Å². The van der Waals surface area contributed by atoms with Gasteiger partial charge in [-0.2, -0.15) is 0 Å². The van der Waals surface area contributed by atoms with Crippen LogP contribution in [-0.2, 0) is 4.74 Å². The van der Waals surface area contributed by atoms with Crippen molar-refractivity contribution < 1.29 is 9.84 Å². The number of aliphatic hydroxyl groups is 1. The van der Waals surface area contributed by atoms with Crippen LogP contribution in [0.3, 0.4) is 0 Å². The minimum atomic E-state index is -0.0315. The summed E-state index contributed by atoms with van der Waals surface area (Å²) in [5.74, 6) is 4.17. The quantitative estimate of drug-likeness (QED) is 0.581. The Morgan fingerprint density at radius 2 is 1.72 bits per heavy atom.